The maximum atomic E-state index is 11.0. The summed E-state index contributed by atoms with van der Waals surface area (Å²) in [5, 5.41) is 12.1. The molecule has 4 nitrogen and oxygen atoms in total. The Labute approximate surface area is 101 Å². The van der Waals surface area contributed by atoms with Crippen LogP contribution in [0.5, 0.6) is 5.75 Å². The highest BCUT2D eigenvalue weighted by Gasteiger charge is 2.10. The van der Waals surface area contributed by atoms with E-state index >= 15 is 0 Å². The average Bonchev–Trinajstić information content (AvgIpc) is 2.34. The van der Waals surface area contributed by atoms with E-state index in [0.717, 1.165) is 18.5 Å². The van der Waals surface area contributed by atoms with Gasteiger partial charge in [0.25, 0.3) is 0 Å². The van der Waals surface area contributed by atoms with Crippen LogP contribution in [0.15, 0.2) is 24.3 Å². The third kappa shape index (κ3) is 3.92. The number of carbonyl (C=O) groups is 1. The fourth-order valence-electron chi connectivity index (χ4n) is 1.44. The number of nitrogens with one attached hydrogen (secondary N) is 1. The van der Waals surface area contributed by atoms with Crippen molar-refractivity contribution < 1.29 is 14.6 Å². The summed E-state index contributed by atoms with van der Waals surface area (Å²) < 4.78 is 4.99. The number of rotatable bonds is 6. The maximum absolute atomic E-state index is 11.0. The second-order valence-corrected chi connectivity index (χ2v) is 3.56. The van der Waals surface area contributed by atoms with E-state index in [1.807, 2.05) is 25.3 Å². The molecule has 0 aliphatic heterocycles. The van der Waals surface area contributed by atoms with Crippen LogP contribution in [0.2, 0.25) is 0 Å². The van der Waals surface area contributed by atoms with Gasteiger partial charge in [0.2, 0.25) is 0 Å². The van der Waals surface area contributed by atoms with Crippen LogP contribution in [0.25, 0.3) is 6.08 Å². The van der Waals surface area contributed by atoms with Gasteiger partial charge in [0.1, 0.15) is 11.3 Å². The smallest absolute Gasteiger partial charge is 0.339 e. The minimum absolute atomic E-state index is 0.184. The van der Waals surface area contributed by atoms with E-state index in [-0.39, 0.29) is 5.56 Å². The molecule has 0 aromatic heterocycles. The molecule has 0 fully saturated rings. The van der Waals surface area contributed by atoms with E-state index in [4.69, 9.17) is 9.84 Å². The standard InChI is InChI=1S/C13H17NO3/c1-14-8-4-3-5-10-6-7-12(17-2)11(9-10)13(15)16/h3,5-7,9,14H,4,8H2,1-2H3,(H,15,16). The Hall–Kier alpha value is -1.81. The van der Waals surface area contributed by atoms with Crippen LogP contribution in [0, 0.1) is 0 Å². The second-order valence-electron chi connectivity index (χ2n) is 3.56. The van der Waals surface area contributed by atoms with Crippen LogP contribution >= 0.6 is 0 Å². The third-order valence-electron chi connectivity index (χ3n) is 2.33. The number of benzene rings is 1. The zero-order valence-electron chi connectivity index (χ0n) is 10.1. The molecule has 17 heavy (non-hydrogen) atoms. The summed E-state index contributed by atoms with van der Waals surface area (Å²) in [7, 11) is 3.36. The van der Waals surface area contributed by atoms with Crippen molar-refractivity contribution in [2.24, 2.45) is 0 Å². The second kappa shape index (κ2) is 6.70. The van der Waals surface area contributed by atoms with Gasteiger partial charge in [-0.15, -0.1) is 0 Å². The first-order chi connectivity index (χ1) is 8.19. The Bertz CT molecular complexity index is 413. The highest BCUT2D eigenvalue weighted by Crippen LogP contribution is 2.20. The Morgan fingerprint density at radius 1 is 1.53 bits per heavy atom. The molecule has 0 amide bonds. The van der Waals surface area contributed by atoms with Gasteiger partial charge in [-0.25, -0.2) is 4.79 Å². The van der Waals surface area contributed by atoms with Gasteiger partial charge in [-0.3, -0.25) is 0 Å². The van der Waals surface area contributed by atoms with Gasteiger partial charge < -0.3 is 15.2 Å². The Morgan fingerprint density at radius 3 is 2.88 bits per heavy atom. The summed E-state index contributed by atoms with van der Waals surface area (Å²) in [6, 6.07) is 5.11. The van der Waals surface area contributed by atoms with Crippen molar-refractivity contribution >= 4 is 12.0 Å². The quantitative estimate of drug-likeness (QED) is 0.740. The minimum atomic E-state index is -0.979. The van der Waals surface area contributed by atoms with Gasteiger partial charge in [-0.05, 0) is 37.7 Å². The lowest BCUT2D eigenvalue weighted by molar-refractivity contribution is 0.0693. The molecule has 92 valence electrons. The lowest BCUT2D eigenvalue weighted by atomic mass is 10.1. The molecular formula is C13H17NO3. The SMILES string of the molecule is CNCCC=Cc1ccc(OC)c(C(=O)O)c1. The van der Waals surface area contributed by atoms with Crippen molar-refractivity contribution in [1.29, 1.82) is 0 Å². The molecular weight excluding hydrogens is 218 g/mol. The predicted octanol–water partition coefficient (Wildman–Crippen LogP) is 2.02. The fraction of sp³-hybridized carbons (Fsp3) is 0.308. The number of hydrogen-bond donors (Lipinski definition) is 2. The minimum Gasteiger partial charge on any atom is -0.496 e. The molecule has 1 aromatic carbocycles. The van der Waals surface area contributed by atoms with Gasteiger partial charge >= 0.3 is 5.97 Å². The van der Waals surface area contributed by atoms with Crippen LogP contribution in [-0.2, 0) is 0 Å². The van der Waals surface area contributed by atoms with E-state index in [1.54, 1.807) is 12.1 Å². The number of carboxylic acid groups (broad SMARTS) is 1. The van der Waals surface area contributed by atoms with E-state index in [0.29, 0.717) is 5.75 Å². The van der Waals surface area contributed by atoms with E-state index in [1.165, 1.54) is 7.11 Å². The first kappa shape index (κ1) is 13.3. The molecule has 0 bridgehead atoms. The lowest BCUT2D eigenvalue weighted by Gasteiger charge is -2.05. The molecule has 0 unspecified atom stereocenters. The van der Waals surface area contributed by atoms with Gasteiger partial charge in [-0.2, -0.15) is 0 Å². The summed E-state index contributed by atoms with van der Waals surface area (Å²) >= 11 is 0. The number of ether oxygens (including phenoxy) is 1. The van der Waals surface area contributed by atoms with Crippen molar-refractivity contribution in [3.63, 3.8) is 0 Å². The zero-order chi connectivity index (χ0) is 12.7. The summed E-state index contributed by atoms with van der Waals surface area (Å²) in [6.45, 7) is 0.901. The van der Waals surface area contributed by atoms with Crippen LogP contribution in [0.3, 0.4) is 0 Å². The highest BCUT2D eigenvalue weighted by molar-refractivity contribution is 5.91. The topological polar surface area (TPSA) is 58.6 Å². The molecule has 0 aliphatic carbocycles. The number of aromatic carboxylic acids is 1. The lowest BCUT2D eigenvalue weighted by Crippen LogP contribution is -2.05. The molecule has 0 heterocycles. The van der Waals surface area contributed by atoms with Crippen LogP contribution < -0.4 is 10.1 Å². The molecule has 1 aromatic rings. The Kier molecular flexibility index (Phi) is 5.23. The van der Waals surface area contributed by atoms with E-state index in [2.05, 4.69) is 5.32 Å². The average molecular weight is 235 g/mol. The first-order valence-corrected chi connectivity index (χ1v) is 5.41. The van der Waals surface area contributed by atoms with Gasteiger partial charge in [0.05, 0.1) is 7.11 Å². The van der Waals surface area contributed by atoms with Crippen molar-refractivity contribution in [2.45, 2.75) is 6.42 Å². The number of methoxy groups -OCH3 is 1. The molecule has 0 saturated heterocycles. The highest BCUT2D eigenvalue weighted by atomic mass is 16.5. The zero-order valence-corrected chi connectivity index (χ0v) is 10.1. The Morgan fingerprint density at radius 2 is 2.29 bits per heavy atom. The summed E-state index contributed by atoms with van der Waals surface area (Å²) in [5.41, 5.74) is 1.04. The van der Waals surface area contributed by atoms with E-state index in [9.17, 15) is 4.79 Å². The van der Waals surface area contributed by atoms with E-state index < -0.39 is 5.97 Å². The molecule has 0 atom stereocenters. The molecule has 0 saturated carbocycles. The van der Waals surface area contributed by atoms with Crippen molar-refractivity contribution in [3.8, 4) is 5.75 Å². The molecule has 2 N–H and O–H groups in total. The van der Waals surface area contributed by atoms with Crippen molar-refractivity contribution in [1.82, 2.24) is 5.32 Å². The third-order valence-corrected chi connectivity index (χ3v) is 2.33. The van der Waals surface area contributed by atoms with Crippen LogP contribution in [-0.4, -0.2) is 31.8 Å². The largest absolute Gasteiger partial charge is 0.496 e. The Balaban J connectivity index is 2.85. The number of hydrogen-bond acceptors (Lipinski definition) is 3. The monoisotopic (exact) mass is 235 g/mol. The summed E-state index contributed by atoms with van der Waals surface area (Å²) in [6.07, 6.45) is 4.82. The summed E-state index contributed by atoms with van der Waals surface area (Å²) in [4.78, 5) is 11.0. The molecule has 1 rings (SSSR count). The van der Waals surface area contributed by atoms with Gasteiger partial charge in [0.15, 0.2) is 0 Å². The number of carboxylic acids is 1. The molecule has 4 heteroatoms. The van der Waals surface area contributed by atoms with Gasteiger partial charge in [0, 0.05) is 0 Å². The van der Waals surface area contributed by atoms with Crippen molar-refractivity contribution in [3.05, 3.63) is 35.4 Å². The first-order valence-electron chi connectivity index (χ1n) is 5.41. The normalized spacial score (nSPS) is 10.7. The van der Waals surface area contributed by atoms with Crippen LogP contribution in [0.4, 0.5) is 0 Å². The van der Waals surface area contributed by atoms with Crippen molar-refractivity contribution in [2.75, 3.05) is 20.7 Å². The molecule has 0 radical (unpaired) electrons. The summed E-state index contributed by atoms with van der Waals surface area (Å²) in [5.74, 6) is -0.600. The predicted molar refractivity (Wildman–Crippen MR) is 67.5 cm³/mol. The molecule has 0 spiro atoms. The van der Waals surface area contributed by atoms with Crippen LogP contribution in [0.1, 0.15) is 22.3 Å². The van der Waals surface area contributed by atoms with Gasteiger partial charge in [-0.1, -0.05) is 18.2 Å². The molecule has 0 aliphatic rings. The fourth-order valence-corrected chi connectivity index (χ4v) is 1.44. The maximum Gasteiger partial charge on any atom is 0.339 e.